The number of hydrogen-bond acceptors (Lipinski definition) is 4. The summed E-state index contributed by atoms with van der Waals surface area (Å²) >= 11 is 0. The molecule has 0 saturated carbocycles. The summed E-state index contributed by atoms with van der Waals surface area (Å²) in [6.07, 6.45) is 7.50. The van der Waals surface area contributed by atoms with Gasteiger partial charge in [0.2, 0.25) is 6.35 Å². The van der Waals surface area contributed by atoms with Crippen molar-refractivity contribution in [2.24, 2.45) is 0 Å². The van der Waals surface area contributed by atoms with Crippen LogP contribution in [0.15, 0.2) is 12.5 Å². The number of β-amino-alcohol motifs (C(OH)–C–C–N with tert-alkyl or cyclic N) is 1. The molecule has 1 saturated heterocycles. The third kappa shape index (κ3) is 2.01. The van der Waals surface area contributed by atoms with Gasteiger partial charge in [0.25, 0.3) is 0 Å². The quantitative estimate of drug-likeness (QED) is 0.718. The van der Waals surface area contributed by atoms with Crippen molar-refractivity contribution in [1.29, 1.82) is 0 Å². The van der Waals surface area contributed by atoms with E-state index in [0.29, 0.717) is 6.54 Å². The molecule has 0 aromatic rings. The fraction of sp³-hybridized carbons (Fsp3) is 0.800. The molecule has 0 radical (unpaired) electrons. The highest BCUT2D eigenvalue weighted by atomic mass is 16.5. The Balaban J connectivity index is 1.89. The van der Waals surface area contributed by atoms with Gasteiger partial charge in [0.15, 0.2) is 0 Å². The van der Waals surface area contributed by atoms with Crippen molar-refractivity contribution >= 4 is 0 Å². The predicted molar refractivity (Wildman–Crippen MR) is 53.2 cm³/mol. The van der Waals surface area contributed by atoms with Crippen molar-refractivity contribution in [3.8, 4) is 0 Å². The van der Waals surface area contributed by atoms with E-state index in [2.05, 4.69) is 4.90 Å². The summed E-state index contributed by atoms with van der Waals surface area (Å²) in [6.45, 7) is 3.04. The van der Waals surface area contributed by atoms with Crippen molar-refractivity contribution in [3.63, 3.8) is 0 Å². The lowest BCUT2D eigenvalue weighted by Gasteiger charge is -2.36. The second-order valence-electron chi connectivity index (χ2n) is 3.81. The smallest absolute Gasteiger partial charge is 0.231 e. The van der Waals surface area contributed by atoms with Crippen LogP contribution < -0.4 is 0 Å². The molecule has 2 aliphatic rings. The van der Waals surface area contributed by atoms with Crippen LogP contribution in [-0.4, -0.2) is 47.5 Å². The number of aliphatic hydroxyl groups is 1. The second-order valence-corrected chi connectivity index (χ2v) is 3.81. The second kappa shape index (κ2) is 4.66. The molecule has 1 unspecified atom stereocenters. The van der Waals surface area contributed by atoms with E-state index >= 15 is 0 Å². The molecule has 1 atom stereocenters. The molecule has 14 heavy (non-hydrogen) atoms. The number of piperidine rings is 1. The van der Waals surface area contributed by atoms with E-state index in [1.54, 1.807) is 6.26 Å². The Morgan fingerprint density at radius 1 is 1.29 bits per heavy atom. The maximum absolute atomic E-state index is 8.89. The lowest BCUT2D eigenvalue weighted by molar-refractivity contribution is -0.0856. The van der Waals surface area contributed by atoms with Gasteiger partial charge in [-0.2, -0.15) is 0 Å². The van der Waals surface area contributed by atoms with Crippen LogP contribution in [0.2, 0.25) is 0 Å². The summed E-state index contributed by atoms with van der Waals surface area (Å²) in [5.41, 5.74) is 0. The van der Waals surface area contributed by atoms with Crippen LogP contribution in [0.3, 0.4) is 0 Å². The van der Waals surface area contributed by atoms with E-state index in [1.165, 1.54) is 19.3 Å². The van der Waals surface area contributed by atoms with Gasteiger partial charge in [-0.25, -0.2) is 0 Å². The van der Waals surface area contributed by atoms with Crippen molar-refractivity contribution in [3.05, 3.63) is 12.5 Å². The molecule has 0 aromatic heterocycles. The van der Waals surface area contributed by atoms with Gasteiger partial charge >= 0.3 is 0 Å². The highest BCUT2D eigenvalue weighted by Crippen LogP contribution is 2.19. The predicted octanol–water partition coefficient (Wildman–Crippen LogP) is 0.552. The molecular formula is C10H18N2O2. The molecule has 2 rings (SSSR count). The van der Waals surface area contributed by atoms with Gasteiger partial charge in [-0.15, -0.1) is 0 Å². The first-order chi connectivity index (χ1) is 6.92. The summed E-state index contributed by atoms with van der Waals surface area (Å²) < 4.78 is 5.52. The summed E-state index contributed by atoms with van der Waals surface area (Å²) in [5, 5.41) is 8.89. The SMILES string of the molecule is OCCN1C=COC1N1CCCCC1. The maximum Gasteiger partial charge on any atom is 0.231 e. The highest BCUT2D eigenvalue weighted by molar-refractivity contribution is 4.87. The van der Waals surface area contributed by atoms with Crippen LogP contribution in [0.25, 0.3) is 0 Å². The molecule has 2 aliphatic heterocycles. The maximum atomic E-state index is 8.89. The Bertz CT molecular complexity index is 202. The van der Waals surface area contributed by atoms with E-state index in [-0.39, 0.29) is 13.0 Å². The summed E-state index contributed by atoms with van der Waals surface area (Å²) in [5.74, 6) is 0. The molecule has 80 valence electrons. The first kappa shape index (κ1) is 9.80. The van der Waals surface area contributed by atoms with Crippen LogP contribution in [0.4, 0.5) is 0 Å². The lowest BCUT2D eigenvalue weighted by atomic mass is 10.1. The van der Waals surface area contributed by atoms with Crippen LogP contribution in [-0.2, 0) is 4.74 Å². The molecular weight excluding hydrogens is 180 g/mol. The van der Waals surface area contributed by atoms with E-state index in [4.69, 9.17) is 9.84 Å². The lowest BCUT2D eigenvalue weighted by Crippen LogP contribution is -2.47. The minimum absolute atomic E-state index is 0.0300. The van der Waals surface area contributed by atoms with Crippen LogP contribution >= 0.6 is 0 Å². The fourth-order valence-corrected chi connectivity index (χ4v) is 2.07. The van der Waals surface area contributed by atoms with Crippen molar-refractivity contribution in [1.82, 2.24) is 9.80 Å². The monoisotopic (exact) mass is 198 g/mol. The first-order valence-electron chi connectivity index (χ1n) is 5.34. The standard InChI is InChI=1S/C10H18N2O2/c13-8-6-12-7-9-14-10(12)11-4-2-1-3-5-11/h7,9-10,13H,1-6,8H2. The fourth-order valence-electron chi connectivity index (χ4n) is 2.07. The van der Waals surface area contributed by atoms with Gasteiger partial charge in [0, 0.05) is 25.8 Å². The number of aliphatic hydroxyl groups excluding tert-OH is 1. The van der Waals surface area contributed by atoms with Gasteiger partial charge in [-0.1, -0.05) is 6.42 Å². The summed E-state index contributed by atoms with van der Waals surface area (Å²) in [7, 11) is 0. The Labute approximate surface area is 84.7 Å². The highest BCUT2D eigenvalue weighted by Gasteiger charge is 2.27. The zero-order valence-corrected chi connectivity index (χ0v) is 8.43. The van der Waals surface area contributed by atoms with Crippen LogP contribution in [0.1, 0.15) is 19.3 Å². The number of nitrogens with zero attached hydrogens (tertiary/aromatic N) is 2. The molecule has 0 spiro atoms. The molecule has 1 N–H and O–H groups in total. The molecule has 0 aliphatic carbocycles. The van der Waals surface area contributed by atoms with Crippen molar-refractivity contribution < 1.29 is 9.84 Å². The van der Waals surface area contributed by atoms with Crippen LogP contribution in [0.5, 0.6) is 0 Å². The van der Waals surface area contributed by atoms with Gasteiger partial charge in [-0.05, 0) is 12.8 Å². The average molecular weight is 198 g/mol. The van der Waals surface area contributed by atoms with E-state index in [9.17, 15) is 0 Å². The molecule has 4 heteroatoms. The van der Waals surface area contributed by atoms with Crippen molar-refractivity contribution in [2.75, 3.05) is 26.2 Å². The van der Waals surface area contributed by atoms with Gasteiger partial charge in [-0.3, -0.25) is 4.90 Å². The van der Waals surface area contributed by atoms with Crippen LogP contribution in [0, 0.1) is 0 Å². The number of hydrogen-bond donors (Lipinski definition) is 1. The third-order valence-corrected chi connectivity index (χ3v) is 2.80. The summed E-state index contributed by atoms with van der Waals surface area (Å²) in [6, 6.07) is 0. The van der Waals surface area contributed by atoms with E-state index < -0.39 is 0 Å². The first-order valence-corrected chi connectivity index (χ1v) is 5.34. The Hall–Kier alpha value is -0.740. The molecule has 1 fully saturated rings. The normalized spacial score (nSPS) is 28.1. The third-order valence-electron chi connectivity index (χ3n) is 2.80. The number of ether oxygens (including phenoxy) is 1. The molecule has 0 amide bonds. The minimum atomic E-state index is 0.0300. The molecule has 4 nitrogen and oxygen atoms in total. The number of rotatable bonds is 3. The van der Waals surface area contributed by atoms with Gasteiger partial charge in [0.05, 0.1) is 6.61 Å². The topological polar surface area (TPSA) is 35.9 Å². The molecule has 2 heterocycles. The minimum Gasteiger partial charge on any atom is -0.463 e. The molecule has 0 bridgehead atoms. The largest absolute Gasteiger partial charge is 0.463 e. The van der Waals surface area contributed by atoms with E-state index in [1.807, 2.05) is 11.1 Å². The van der Waals surface area contributed by atoms with Gasteiger partial charge < -0.3 is 14.7 Å². The Morgan fingerprint density at radius 2 is 2.07 bits per heavy atom. The zero-order valence-electron chi connectivity index (χ0n) is 8.43. The zero-order chi connectivity index (χ0) is 9.80. The summed E-state index contributed by atoms with van der Waals surface area (Å²) in [4.78, 5) is 4.38. The average Bonchev–Trinajstić information content (AvgIpc) is 2.68. The number of likely N-dealkylation sites (tertiary alicyclic amines) is 1. The Morgan fingerprint density at radius 3 is 2.79 bits per heavy atom. The Kier molecular flexibility index (Phi) is 3.26. The van der Waals surface area contributed by atoms with Crippen molar-refractivity contribution in [2.45, 2.75) is 25.6 Å². The van der Waals surface area contributed by atoms with Gasteiger partial charge in [0.1, 0.15) is 6.26 Å². The van der Waals surface area contributed by atoms with E-state index in [0.717, 1.165) is 13.1 Å². The molecule has 0 aromatic carbocycles.